The van der Waals surface area contributed by atoms with Gasteiger partial charge in [0.25, 0.3) is 0 Å². The number of hydrogen-bond donors (Lipinski definition) is 0. The molecule has 0 radical (unpaired) electrons. The van der Waals surface area contributed by atoms with E-state index in [4.69, 9.17) is 0 Å². The number of benzene rings is 1. The third kappa shape index (κ3) is 4.70. The molecular weight excluding hydrogens is 210 g/mol. The van der Waals surface area contributed by atoms with Crippen LogP contribution in [-0.4, -0.2) is 30.3 Å². The number of ketones is 1. The molecule has 0 bridgehead atoms. The third-order valence-corrected chi connectivity index (χ3v) is 3.29. The molecule has 1 aromatic carbocycles. The molecule has 0 spiro atoms. The van der Waals surface area contributed by atoms with Gasteiger partial charge in [-0.25, -0.2) is 0 Å². The summed E-state index contributed by atoms with van der Waals surface area (Å²) in [6.07, 6.45) is 3.08. The highest BCUT2D eigenvalue weighted by atomic mass is 16.1. The normalized spacial score (nSPS) is 12.7. The Balaban J connectivity index is 2.40. The van der Waals surface area contributed by atoms with Crippen LogP contribution in [0.1, 0.15) is 32.3 Å². The maximum absolute atomic E-state index is 11.5. The highest BCUT2D eigenvalue weighted by molar-refractivity contribution is 5.81. The van der Waals surface area contributed by atoms with Crippen LogP contribution in [0, 0.1) is 0 Å². The SMILES string of the molecule is CCN(C)[C@@H](CCCc1ccccc1)C(C)=O. The first-order chi connectivity index (χ1) is 8.15. The predicted octanol–water partition coefficient (Wildman–Crippen LogP) is 2.92. The molecule has 0 fully saturated rings. The van der Waals surface area contributed by atoms with Gasteiger partial charge in [0.05, 0.1) is 6.04 Å². The van der Waals surface area contributed by atoms with Gasteiger partial charge in [-0.05, 0) is 45.3 Å². The van der Waals surface area contributed by atoms with Crippen LogP contribution in [-0.2, 0) is 11.2 Å². The number of rotatable bonds is 7. The lowest BCUT2D eigenvalue weighted by molar-refractivity contribution is -0.121. The van der Waals surface area contributed by atoms with E-state index in [2.05, 4.69) is 36.1 Å². The van der Waals surface area contributed by atoms with Crippen LogP contribution >= 0.6 is 0 Å². The summed E-state index contributed by atoms with van der Waals surface area (Å²) in [6, 6.07) is 10.5. The summed E-state index contributed by atoms with van der Waals surface area (Å²) in [4.78, 5) is 13.7. The van der Waals surface area contributed by atoms with E-state index >= 15 is 0 Å². The molecule has 0 N–H and O–H groups in total. The summed E-state index contributed by atoms with van der Waals surface area (Å²) in [5, 5.41) is 0. The maximum atomic E-state index is 11.5. The first-order valence-corrected chi connectivity index (χ1v) is 6.39. The number of aryl methyl sites for hydroxylation is 1. The van der Waals surface area contributed by atoms with Gasteiger partial charge in [-0.15, -0.1) is 0 Å². The van der Waals surface area contributed by atoms with Crippen molar-refractivity contribution in [2.45, 2.75) is 39.2 Å². The third-order valence-electron chi connectivity index (χ3n) is 3.29. The number of hydrogen-bond acceptors (Lipinski definition) is 2. The van der Waals surface area contributed by atoms with E-state index in [0.29, 0.717) is 0 Å². The molecule has 0 aliphatic rings. The second-order valence-corrected chi connectivity index (χ2v) is 4.58. The molecule has 1 aromatic rings. The fourth-order valence-corrected chi connectivity index (χ4v) is 2.10. The van der Waals surface area contributed by atoms with Crippen LogP contribution in [0.15, 0.2) is 30.3 Å². The van der Waals surface area contributed by atoms with Crippen molar-refractivity contribution in [3.63, 3.8) is 0 Å². The summed E-state index contributed by atoms with van der Waals surface area (Å²) < 4.78 is 0. The van der Waals surface area contributed by atoms with Crippen molar-refractivity contribution < 1.29 is 4.79 Å². The number of Topliss-reactive ketones (excluding diaryl/α,β-unsaturated/α-hetero) is 1. The molecule has 0 aliphatic carbocycles. The Bertz CT molecular complexity index is 334. The van der Waals surface area contributed by atoms with Gasteiger partial charge >= 0.3 is 0 Å². The Labute approximate surface area is 105 Å². The van der Waals surface area contributed by atoms with Gasteiger partial charge in [0, 0.05) is 0 Å². The zero-order valence-corrected chi connectivity index (χ0v) is 11.1. The highest BCUT2D eigenvalue weighted by Crippen LogP contribution is 2.10. The molecule has 1 atom stereocenters. The van der Waals surface area contributed by atoms with E-state index in [1.54, 1.807) is 6.92 Å². The van der Waals surface area contributed by atoms with Crippen molar-refractivity contribution in [2.75, 3.05) is 13.6 Å². The van der Waals surface area contributed by atoms with Crippen molar-refractivity contribution >= 4 is 5.78 Å². The largest absolute Gasteiger partial charge is 0.298 e. The number of likely N-dealkylation sites (N-methyl/N-ethyl adjacent to an activating group) is 1. The first kappa shape index (κ1) is 13.9. The standard InChI is InChI=1S/C15H23NO/c1-4-16(3)15(13(2)17)12-8-11-14-9-6-5-7-10-14/h5-7,9-10,15H,4,8,11-12H2,1-3H3/t15-/m0/s1. The van der Waals surface area contributed by atoms with E-state index in [1.165, 1.54) is 5.56 Å². The summed E-state index contributed by atoms with van der Waals surface area (Å²) in [7, 11) is 2.02. The Morgan fingerprint density at radius 1 is 1.29 bits per heavy atom. The lowest BCUT2D eigenvalue weighted by Crippen LogP contribution is -2.37. The smallest absolute Gasteiger partial charge is 0.146 e. The molecule has 17 heavy (non-hydrogen) atoms. The Morgan fingerprint density at radius 3 is 2.47 bits per heavy atom. The van der Waals surface area contributed by atoms with Crippen LogP contribution in [0.2, 0.25) is 0 Å². The maximum Gasteiger partial charge on any atom is 0.146 e. The second kappa shape index (κ2) is 7.23. The van der Waals surface area contributed by atoms with Crippen LogP contribution in [0.5, 0.6) is 0 Å². The second-order valence-electron chi connectivity index (χ2n) is 4.58. The Morgan fingerprint density at radius 2 is 1.94 bits per heavy atom. The monoisotopic (exact) mass is 233 g/mol. The van der Waals surface area contributed by atoms with Crippen molar-refractivity contribution in [3.8, 4) is 0 Å². The number of carbonyl (C=O) groups is 1. The van der Waals surface area contributed by atoms with E-state index in [1.807, 2.05) is 13.1 Å². The fraction of sp³-hybridized carbons (Fsp3) is 0.533. The molecule has 0 aromatic heterocycles. The molecular formula is C15H23NO. The number of nitrogens with zero attached hydrogens (tertiary/aromatic N) is 1. The quantitative estimate of drug-likeness (QED) is 0.721. The molecule has 2 nitrogen and oxygen atoms in total. The first-order valence-electron chi connectivity index (χ1n) is 6.39. The fourth-order valence-electron chi connectivity index (χ4n) is 2.10. The van der Waals surface area contributed by atoms with Crippen LogP contribution in [0.4, 0.5) is 0 Å². The molecule has 0 aliphatic heterocycles. The summed E-state index contributed by atoms with van der Waals surface area (Å²) in [5.74, 6) is 0.280. The van der Waals surface area contributed by atoms with E-state index in [-0.39, 0.29) is 11.8 Å². The lowest BCUT2D eigenvalue weighted by Gasteiger charge is -2.24. The van der Waals surface area contributed by atoms with Gasteiger partial charge in [-0.2, -0.15) is 0 Å². The van der Waals surface area contributed by atoms with Crippen LogP contribution in [0.25, 0.3) is 0 Å². The summed E-state index contributed by atoms with van der Waals surface area (Å²) >= 11 is 0. The van der Waals surface area contributed by atoms with E-state index < -0.39 is 0 Å². The molecule has 1 rings (SSSR count). The zero-order valence-electron chi connectivity index (χ0n) is 11.1. The van der Waals surface area contributed by atoms with Crippen molar-refractivity contribution in [2.24, 2.45) is 0 Å². The molecule has 0 saturated carbocycles. The van der Waals surface area contributed by atoms with Crippen LogP contribution < -0.4 is 0 Å². The molecule has 0 saturated heterocycles. The van der Waals surface area contributed by atoms with Crippen molar-refractivity contribution in [1.29, 1.82) is 0 Å². The van der Waals surface area contributed by atoms with Crippen molar-refractivity contribution in [1.82, 2.24) is 4.90 Å². The minimum Gasteiger partial charge on any atom is -0.298 e. The zero-order chi connectivity index (χ0) is 12.7. The van der Waals surface area contributed by atoms with Crippen molar-refractivity contribution in [3.05, 3.63) is 35.9 Å². The summed E-state index contributed by atoms with van der Waals surface area (Å²) in [6.45, 7) is 4.71. The minimum absolute atomic E-state index is 0.0868. The molecule has 2 heteroatoms. The predicted molar refractivity (Wildman–Crippen MR) is 72.2 cm³/mol. The van der Waals surface area contributed by atoms with Gasteiger partial charge in [0.15, 0.2) is 0 Å². The molecule has 0 heterocycles. The number of carbonyl (C=O) groups excluding carboxylic acids is 1. The molecule has 94 valence electrons. The van der Waals surface area contributed by atoms with Gasteiger partial charge in [-0.1, -0.05) is 37.3 Å². The Hall–Kier alpha value is -1.15. The average Bonchev–Trinajstić information content (AvgIpc) is 2.34. The van der Waals surface area contributed by atoms with Crippen LogP contribution in [0.3, 0.4) is 0 Å². The van der Waals surface area contributed by atoms with E-state index in [9.17, 15) is 4.79 Å². The minimum atomic E-state index is 0.0868. The van der Waals surface area contributed by atoms with Gasteiger partial charge in [0.2, 0.25) is 0 Å². The molecule has 0 unspecified atom stereocenters. The average molecular weight is 233 g/mol. The van der Waals surface area contributed by atoms with Gasteiger partial charge < -0.3 is 0 Å². The Kier molecular flexibility index (Phi) is 5.92. The lowest BCUT2D eigenvalue weighted by atomic mass is 10.0. The van der Waals surface area contributed by atoms with Gasteiger partial charge in [0.1, 0.15) is 5.78 Å². The van der Waals surface area contributed by atoms with E-state index in [0.717, 1.165) is 25.8 Å². The topological polar surface area (TPSA) is 20.3 Å². The summed E-state index contributed by atoms with van der Waals surface area (Å²) in [5.41, 5.74) is 1.36. The molecule has 0 amide bonds. The highest BCUT2D eigenvalue weighted by Gasteiger charge is 2.17. The van der Waals surface area contributed by atoms with Gasteiger partial charge in [-0.3, -0.25) is 9.69 Å².